The third-order valence-corrected chi connectivity index (χ3v) is 7.42. The Labute approximate surface area is 153 Å². The van der Waals surface area contributed by atoms with E-state index >= 15 is 0 Å². The van der Waals surface area contributed by atoms with Gasteiger partial charge in [0, 0.05) is 18.3 Å². The van der Waals surface area contributed by atoms with Gasteiger partial charge < -0.3 is 4.74 Å². The summed E-state index contributed by atoms with van der Waals surface area (Å²) in [6.07, 6.45) is 10.6. The molecule has 0 amide bonds. The predicted octanol–water partition coefficient (Wildman–Crippen LogP) is 3.44. The fourth-order valence-corrected chi connectivity index (χ4v) is 5.83. The normalized spacial score (nSPS) is 27.7. The zero-order valence-electron chi connectivity index (χ0n) is 14.2. The van der Waals surface area contributed by atoms with Gasteiger partial charge in [-0.1, -0.05) is 18.2 Å². The molecule has 2 aliphatic rings. The zero-order chi connectivity index (χ0) is 18.0. The molecule has 2 aromatic rings. The summed E-state index contributed by atoms with van der Waals surface area (Å²) in [5, 5.41) is 0. The van der Waals surface area contributed by atoms with Crippen molar-refractivity contribution in [2.75, 3.05) is 0 Å². The van der Waals surface area contributed by atoms with Crippen LogP contribution in [0.1, 0.15) is 19.3 Å². The summed E-state index contributed by atoms with van der Waals surface area (Å²) in [4.78, 5) is 7.58. The smallest absolute Gasteiger partial charge is 0.208 e. The van der Waals surface area contributed by atoms with E-state index in [1.807, 2.05) is 18.2 Å². The van der Waals surface area contributed by atoms with Gasteiger partial charge >= 0.3 is 0 Å². The lowest BCUT2D eigenvalue weighted by atomic mass is 9.98. The van der Waals surface area contributed by atoms with E-state index in [2.05, 4.69) is 9.98 Å². The van der Waals surface area contributed by atoms with Crippen molar-refractivity contribution >= 4 is 16.1 Å². The molecule has 0 spiro atoms. The first-order valence-corrected chi connectivity index (χ1v) is 10.2. The van der Waals surface area contributed by atoms with Gasteiger partial charge in [0.05, 0.1) is 17.2 Å². The summed E-state index contributed by atoms with van der Waals surface area (Å²) in [6.45, 7) is 0. The molecule has 134 valence electrons. The second-order valence-electron chi connectivity index (χ2n) is 6.64. The Morgan fingerprint density at radius 2 is 1.92 bits per heavy atom. The molecule has 2 heterocycles. The maximum atomic E-state index is 13.4. The molecule has 1 aromatic heterocycles. The van der Waals surface area contributed by atoms with Crippen LogP contribution in [0.25, 0.3) is 0 Å². The minimum atomic E-state index is -3.63. The van der Waals surface area contributed by atoms with Crippen molar-refractivity contribution in [3.63, 3.8) is 0 Å². The van der Waals surface area contributed by atoms with Crippen molar-refractivity contribution in [2.45, 2.75) is 35.1 Å². The minimum Gasteiger partial charge on any atom is -0.489 e. The number of aromatic nitrogens is 1. The Morgan fingerprint density at radius 1 is 1.08 bits per heavy atom. The lowest BCUT2D eigenvalue weighted by Gasteiger charge is -2.30. The molecule has 3 unspecified atom stereocenters. The van der Waals surface area contributed by atoms with Gasteiger partial charge in [-0.25, -0.2) is 8.42 Å². The van der Waals surface area contributed by atoms with Crippen LogP contribution in [0, 0.1) is 5.92 Å². The fraction of sp³-hybridized carbons (Fsp3) is 0.300. The summed E-state index contributed by atoms with van der Waals surface area (Å²) in [5.41, 5.74) is 0. The fourth-order valence-electron chi connectivity index (χ4n) is 3.82. The summed E-state index contributed by atoms with van der Waals surface area (Å²) >= 11 is 0. The van der Waals surface area contributed by atoms with Crippen LogP contribution < -0.4 is 4.74 Å². The maximum absolute atomic E-state index is 13.4. The Kier molecular flexibility index (Phi) is 4.36. The molecule has 1 aliphatic heterocycles. The van der Waals surface area contributed by atoms with Crippen molar-refractivity contribution in [3.8, 4) is 5.75 Å². The Bertz CT molecular complexity index is 912. The number of benzene rings is 1. The summed E-state index contributed by atoms with van der Waals surface area (Å²) in [7, 11) is -3.63. The van der Waals surface area contributed by atoms with E-state index in [-0.39, 0.29) is 12.0 Å². The monoisotopic (exact) mass is 368 g/mol. The molecule has 0 N–H and O–H groups in total. The molecule has 1 saturated carbocycles. The van der Waals surface area contributed by atoms with E-state index in [4.69, 9.17) is 4.74 Å². The minimum absolute atomic E-state index is 0.0313. The van der Waals surface area contributed by atoms with E-state index in [1.165, 1.54) is 0 Å². The Hall–Kier alpha value is -2.47. The van der Waals surface area contributed by atoms with Gasteiger partial charge in [0.25, 0.3) is 0 Å². The number of hydrogen-bond acceptors (Lipinski definition) is 5. The number of hydrogen-bond donors (Lipinski definition) is 0. The second-order valence-corrected chi connectivity index (χ2v) is 8.78. The number of rotatable bonds is 5. The van der Waals surface area contributed by atoms with Crippen LogP contribution in [0.4, 0.5) is 0 Å². The van der Waals surface area contributed by atoms with Crippen LogP contribution >= 0.6 is 0 Å². The van der Waals surface area contributed by atoms with Crippen LogP contribution in [0.2, 0.25) is 0 Å². The highest BCUT2D eigenvalue weighted by Crippen LogP contribution is 2.45. The molecule has 1 fully saturated rings. The lowest BCUT2D eigenvalue weighted by Crippen LogP contribution is -2.40. The van der Waals surface area contributed by atoms with Crippen LogP contribution in [0.5, 0.6) is 5.75 Å². The topological polar surface area (TPSA) is 68.6 Å². The van der Waals surface area contributed by atoms with E-state index in [9.17, 15) is 8.42 Å². The number of pyridine rings is 1. The molecular formula is C20H20N2O3S. The molecule has 3 atom stereocenters. The van der Waals surface area contributed by atoms with E-state index < -0.39 is 14.7 Å². The predicted molar refractivity (Wildman–Crippen MR) is 100.0 cm³/mol. The van der Waals surface area contributed by atoms with Gasteiger partial charge in [-0.2, -0.15) is 0 Å². The van der Waals surface area contributed by atoms with Gasteiger partial charge in [-0.05, 0) is 55.7 Å². The molecule has 0 bridgehead atoms. The quantitative estimate of drug-likeness (QED) is 0.811. The highest BCUT2D eigenvalue weighted by molar-refractivity contribution is 7.93. The Morgan fingerprint density at radius 3 is 2.62 bits per heavy atom. The van der Waals surface area contributed by atoms with Crippen molar-refractivity contribution < 1.29 is 13.2 Å². The van der Waals surface area contributed by atoms with Crippen LogP contribution in [0.15, 0.2) is 76.9 Å². The first-order valence-electron chi connectivity index (χ1n) is 8.71. The first kappa shape index (κ1) is 17.0. The standard InChI is InChI=1S/C20H20N2O3S/c23-26(24,19-7-2-1-3-8-19)20(11-5-13-22-20)16-9-10-17(14-16)25-18-6-4-12-21-15-18/h1-8,11-13,15-17H,9-10,14H2. The first-order chi connectivity index (χ1) is 12.6. The average molecular weight is 368 g/mol. The van der Waals surface area contributed by atoms with Crippen LogP contribution in [-0.2, 0) is 9.84 Å². The number of allylic oxidation sites excluding steroid dienone is 1. The van der Waals surface area contributed by atoms with Crippen LogP contribution in [-0.4, -0.2) is 30.6 Å². The number of ether oxygens (including phenoxy) is 1. The lowest BCUT2D eigenvalue weighted by molar-refractivity contribution is 0.200. The van der Waals surface area contributed by atoms with Gasteiger partial charge in [0.15, 0.2) is 4.87 Å². The molecule has 5 nitrogen and oxygen atoms in total. The van der Waals surface area contributed by atoms with Gasteiger partial charge in [-0.15, -0.1) is 0 Å². The maximum Gasteiger partial charge on any atom is 0.208 e. The van der Waals surface area contributed by atoms with Gasteiger partial charge in [-0.3, -0.25) is 9.98 Å². The highest BCUT2D eigenvalue weighted by atomic mass is 32.2. The summed E-state index contributed by atoms with van der Waals surface area (Å²) in [6, 6.07) is 12.3. The van der Waals surface area contributed by atoms with Crippen molar-refractivity contribution in [2.24, 2.45) is 10.9 Å². The largest absolute Gasteiger partial charge is 0.489 e. The average Bonchev–Trinajstić information content (AvgIpc) is 3.34. The van der Waals surface area contributed by atoms with Crippen molar-refractivity contribution in [1.82, 2.24) is 4.98 Å². The molecule has 6 heteroatoms. The summed E-state index contributed by atoms with van der Waals surface area (Å²) < 4.78 is 32.8. The van der Waals surface area contributed by atoms with E-state index in [1.54, 1.807) is 55.0 Å². The summed E-state index contributed by atoms with van der Waals surface area (Å²) in [5.74, 6) is 0.591. The van der Waals surface area contributed by atoms with E-state index in [0.29, 0.717) is 17.1 Å². The molecular weight excluding hydrogens is 348 g/mol. The van der Waals surface area contributed by atoms with Gasteiger partial charge in [0.2, 0.25) is 9.84 Å². The van der Waals surface area contributed by atoms with Gasteiger partial charge in [0.1, 0.15) is 5.75 Å². The SMILES string of the molecule is O=S(=O)(c1ccccc1)C1(C2CCC(Oc3cccnc3)C2)C=CC=N1. The van der Waals surface area contributed by atoms with Crippen molar-refractivity contribution in [1.29, 1.82) is 0 Å². The molecule has 0 radical (unpaired) electrons. The van der Waals surface area contributed by atoms with Crippen LogP contribution in [0.3, 0.4) is 0 Å². The second kappa shape index (κ2) is 6.68. The molecule has 0 saturated heterocycles. The number of sulfone groups is 1. The molecule has 1 aliphatic carbocycles. The molecule has 1 aromatic carbocycles. The number of aliphatic imine (C=N–C) groups is 1. The third kappa shape index (κ3) is 2.84. The molecule has 26 heavy (non-hydrogen) atoms. The highest BCUT2D eigenvalue weighted by Gasteiger charge is 2.52. The third-order valence-electron chi connectivity index (χ3n) is 5.09. The Balaban J connectivity index is 1.60. The molecule has 4 rings (SSSR count). The number of nitrogens with zero attached hydrogens (tertiary/aromatic N) is 2. The van der Waals surface area contributed by atoms with E-state index in [0.717, 1.165) is 12.8 Å². The van der Waals surface area contributed by atoms with Crippen molar-refractivity contribution in [3.05, 3.63) is 67.0 Å². The zero-order valence-corrected chi connectivity index (χ0v) is 15.0.